The van der Waals surface area contributed by atoms with E-state index in [9.17, 15) is 0 Å². The number of hydrogen-bond donors (Lipinski definition) is 1. The average molecular weight is 334 g/mol. The van der Waals surface area contributed by atoms with Gasteiger partial charge in [0.1, 0.15) is 18.0 Å². The van der Waals surface area contributed by atoms with Crippen molar-refractivity contribution in [2.45, 2.75) is 18.8 Å². The van der Waals surface area contributed by atoms with E-state index in [4.69, 9.17) is 0 Å². The molecule has 0 amide bonds. The van der Waals surface area contributed by atoms with Crippen LogP contribution in [-0.2, 0) is 0 Å². The summed E-state index contributed by atoms with van der Waals surface area (Å²) in [5.41, 5.74) is 0.951. The summed E-state index contributed by atoms with van der Waals surface area (Å²) in [6.07, 6.45) is 13.9. The zero-order valence-electron chi connectivity index (χ0n) is 13.7. The zero-order valence-corrected chi connectivity index (χ0v) is 13.7. The SMILES string of the molecule is c1cc(N2CCC[C@H](c3nccnc3Nc3cnccn3)C2)ncn1. The molecule has 0 unspecified atom stereocenters. The molecule has 8 nitrogen and oxygen atoms in total. The van der Waals surface area contributed by atoms with E-state index < -0.39 is 0 Å². The number of rotatable bonds is 4. The molecule has 3 aromatic rings. The van der Waals surface area contributed by atoms with Gasteiger partial charge in [0.25, 0.3) is 0 Å². The molecule has 0 bridgehead atoms. The second kappa shape index (κ2) is 7.16. The van der Waals surface area contributed by atoms with Crippen LogP contribution in [0.5, 0.6) is 0 Å². The Hall–Kier alpha value is -3.16. The molecule has 4 rings (SSSR count). The highest BCUT2D eigenvalue weighted by Crippen LogP contribution is 2.31. The Morgan fingerprint density at radius 2 is 1.88 bits per heavy atom. The molecule has 0 aromatic carbocycles. The molecule has 1 N–H and O–H groups in total. The first-order valence-electron chi connectivity index (χ1n) is 8.25. The molecule has 1 saturated heterocycles. The number of anilines is 3. The van der Waals surface area contributed by atoms with E-state index in [2.05, 4.69) is 40.1 Å². The maximum Gasteiger partial charge on any atom is 0.153 e. The first kappa shape index (κ1) is 15.4. The molecule has 1 atom stereocenters. The van der Waals surface area contributed by atoms with Crippen molar-refractivity contribution in [3.8, 4) is 0 Å². The second-order valence-corrected chi connectivity index (χ2v) is 5.86. The van der Waals surface area contributed by atoms with Crippen LogP contribution in [0.2, 0.25) is 0 Å². The number of nitrogens with zero attached hydrogens (tertiary/aromatic N) is 7. The Labute approximate surface area is 145 Å². The van der Waals surface area contributed by atoms with E-state index in [0.717, 1.165) is 43.3 Å². The number of nitrogens with one attached hydrogen (secondary N) is 1. The van der Waals surface area contributed by atoms with E-state index in [0.29, 0.717) is 5.82 Å². The normalized spacial score (nSPS) is 17.3. The summed E-state index contributed by atoms with van der Waals surface area (Å²) in [7, 11) is 0. The molecule has 1 aliphatic heterocycles. The minimum atomic E-state index is 0.275. The lowest BCUT2D eigenvalue weighted by Gasteiger charge is -2.33. The largest absolute Gasteiger partial charge is 0.356 e. The molecule has 25 heavy (non-hydrogen) atoms. The van der Waals surface area contributed by atoms with E-state index in [1.807, 2.05) is 6.07 Å². The lowest BCUT2D eigenvalue weighted by molar-refractivity contribution is 0.498. The topological polar surface area (TPSA) is 92.6 Å². The predicted molar refractivity (Wildman–Crippen MR) is 93.6 cm³/mol. The molecule has 3 aromatic heterocycles. The van der Waals surface area contributed by atoms with Gasteiger partial charge in [-0.2, -0.15) is 0 Å². The van der Waals surface area contributed by atoms with Crippen molar-refractivity contribution >= 4 is 17.5 Å². The van der Waals surface area contributed by atoms with Crippen LogP contribution in [0.15, 0.2) is 49.6 Å². The quantitative estimate of drug-likeness (QED) is 0.776. The van der Waals surface area contributed by atoms with Gasteiger partial charge in [-0.15, -0.1) is 0 Å². The molecule has 0 spiro atoms. The maximum atomic E-state index is 4.59. The van der Waals surface area contributed by atoms with Gasteiger partial charge in [-0.3, -0.25) is 9.97 Å². The fourth-order valence-electron chi connectivity index (χ4n) is 3.11. The van der Waals surface area contributed by atoms with Crippen LogP contribution < -0.4 is 10.2 Å². The van der Waals surface area contributed by atoms with Crippen LogP contribution >= 0.6 is 0 Å². The summed E-state index contributed by atoms with van der Waals surface area (Å²) >= 11 is 0. The lowest BCUT2D eigenvalue weighted by atomic mass is 9.94. The molecule has 0 aliphatic carbocycles. The third-order valence-electron chi connectivity index (χ3n) is 4.23. The Bertz CT molecular complexity index is 811. The molecular formula is C17H18N8. The zero-order chi connectivity index (χ0) is 16.9. The third kappa shape index (κ3) is 3.52. The van der Waals surface area contributed by atoms with Crippen LogP contribution in [0, 0.1) is 0 Å². The van der Waals surface area contributed by atoms with Crippen molar-refractivity contribution in [2.75, 3.05) is 23.3 Å². The fraction of sp³-hybridized carbons (Fsp3) is 0.294. The second-order valence-electron chi connectivity index (χ2n) is 5.86. The summed E-state index contributed by atoms with van der Waals surface area (Å²) < 4.78 is 0. The van der Waals surface area contributed by atoms with Gasteiger partial charge in [0.15, 0.2) is 5.82 Å². The van der Waals surface area contributed by atoms with Crippen molar-refractivity contribution in [1.82, 2.24) is 29.9 Å². The highest BCUT2D eigenvalue weighted by Gasteiger charge is 2.26. The highest BCUT2D eigenvalue weighted by atomic mass is 15.2. The van der Waals surface area contributed by atoms with Crippen LogP contribution in [0.3, 0.4) is 0 Å². The third-order valence-corrected chi connectivity index (χ3v) is 4.23. The maximum absolute atomic E-state index is 4.59. The monoisotopic (exact) mass is 334 g/mol. The van der Waals surface area contributed by atoms with Gasteiger partial charge in [0.05, 0.1) is 11.9 Å². The molecule has 4 heterocycles. The minimum absolute atomic E-state index is 0.275. The first-order valence-corrected chi connectivity index (χ1v) is 8.25. The Balaban J connectivity index is 1.57. The summed E-state index contributed by atoms with van der Waals surface area (Å²) in [5.74, 6) is 2.62. The van der Waals surface area contributed by atoms with Crippen molar-refractivity contribution in [1.29, 1.82) is 0 Å². The number of aromatic nitrogens is 6. The van der Waals surface area contributed by atoms with Crippen molar-refractivity contribution in [3.63, 3.8) is 0 Å². The van der Waals surface area contributed by atoms with E-state index in [-0.39, 0.29) is 5.92 Å². The van der Waals surface area contributed by atoms with Crippen LogP contribution in [0.4, 0.5) is 17.5 Å². The molecule has 126 valence electrons. The molecule has 0 radical (unpaired) electrons. The van der Waals surface area contributed by atoms with Gasteiger partial charge in [0, 0.05) is 50.0 Å². The lowest BCUT2D eigenvalue weighted by Crippen LogP contribution is -2.35. The van der Waals surface area contributed by atoms with Crippen molar-refractivity contribution < 1.29 is 0 Å². The average Bonchev–Trinajstić information content (AvgIpc) is 2.70. The Kier molecular flexibility index (Phi) is 4.40. The predicted octanol–water partition coefficient (Wildman–Crippen LogP) is 2.18. The van der Waals surface area contributed by atoms with Gasteiger partial charge < -0.3 is 10.2 Å². The van der Waals surface area contributed by atoms with Gasteiger partial charge in [-0.05, 0) is 18.9 Å². The summed E-state index contributed by atoms with van der Waals surface area (Å²) in [4.78, 5) is 28.0. The van der Waals surface area contributed by atoms with Crippen molar-refractivity contribution in [3.05, 3.63) is 55.3 Å². The smallest absolute Gasteiger partial charge is 0.153 e. The van der Waals surface area contributed by atoms with E-state index in [1.54, 1.807) is 43.5 Å². The van der Waals surface area contributed by atoms with E-state index in [1.165, 1.54) is 0 Å². The number of hydrogen-bond acceptors (Lipinski definition) is 8. The summed E-state index contributed by atoms with van der Waals surface area (Å²) in [6, 6.07) is 1.94. The molecule has 8 heteroatoms. The van der Waals surface area contributed by atoms with Crippen LogP contribution in [0.25, 0.3) is 0 Å². The van der Waals surface area contributed by atoms with Gasteiger partial charge in [-0.1, -0.05) is 0 Å². The van der Waals surface area contributed by atoms with Crippen LogP contribution in [0.1, 0.15) is 24.5 Å². The van der Waals surface area contributed by atoms with Gasteiger partial charge in [0.2, 0.25) is 0 Å². The van der Waals surface area contributed by atoms with E-state index >= 15 is 0 Å². The standard InChI is InChI=1S/C17H18N8/c1-2-13(11-25(9-1)15-3-4-19-12-23-15)16-17(22-8-7-21-16)24-14-10-18-5-6-20-14/h3-8,10,12-13H,1-2,9,11H2,(H,20,22,24)/t13-/m0/s1. The number of piperidine rings is 1. The highest BCUT2D eigenvalue weighted by molar-refractivity contribution is 5.54. The Morgan fingerprint density at radius 3 is 2.72 bits per heavy atom. The molecule has 1 aliphatic rings. The summed E-state index contributed by atoms with van der Waals surface area (Å²) in [6.45, 7) is 1.84. The molecular weight excluding hydrogens is 316 g/mol. The minimum Gasteiger partial charge on any atom is -0.356 e. The molecule has 1 fully saturated rings. The van der Waals surface area contributed by atoms with Gasteiger partial charge >= 0.3 is 0 Å². The Morgan fingerprint density at radius 1 is 0.960 bits per heavy atom. The summed E-state index contributed by atoms with van der Waals surface area (Å²) in [5, 5.41) is 3.23. The first-order chi connectivity index (χ1) is 12.4. The van der Waals surface area contributed by atoms with Crippen molar-refractivity contribution in [2.24, 2.45) is 0 Å². The van der Waals surface area contributed by atoms with Gasteiger partial charge in [-0.25, -0.2) is 19.9 Å². The fourth-order valence-corrected chi connectivity index (χ4v) is 3.11. The molecule has 0 saturated carbocycles. The van der Waals surface area contributed by atoms with Crippen LogP contribution in [-0.4, -0.2) is 43.0 Å².